The van der Waals surface area contributed by atoms with E-state index in [0.717, 1.165) is 16.9 Å². The van der Waals surface area contributed by atoms with Crippen molar-refractivity contribution in [2.75, 3.05) is 14.2 Å². The fourth-order valence-electron chi connectivity index (χ4n) is 2.16. The molecular weight excluding hydrogens is 322 g/mol. The summed E-state index contributed by atoms with van der Waals surface area (Å²) in [6.07, 6.45) is 3.29. The van der Waals surface area contributed by atoms with Crippen LogP contribution in [-0.2, 0) is 10.0 Å². The molecule has 2 aromatic rings. The van der Waals surface area contributed by atoms with Gasteiger partial charge in [0.15, 0.2) is 0 Å². The molecule has 0 saturated carbocycles. The third kappa shape index (κ3) is 3.86. The van der Waals surface area contributed by atoms with Crippen LogP contribution >= 0.6 is 0 Å². The van der Waals surface area contributed by atoms with E-state index in [2.05, 4.69) is 6.58 Å². The van der Waals surface area contributed by atoms with Gasteiger partial charge >= 0.3 is 0 Å². The average molecular weight is 343 g/mol. The van der Waals surface area contributed by atoms with Gasteiger partial charge in [-0.1, -0.05) is 36.4 Å². The van der Waals surface area contributed by atoms with E-state index in [0.29, 0.717) is 5.70 Å². The molecular formula is C19H21NO3S. The minimum atomic E-state index is -3.63. The summed E-state index contributed by atoms with van der Waals surface area (Å²) in [6, 6.07) is 14.1. The van der Waals surface area contributed by atoms with Crippen LogP contribution < -0.4 is 4.74 Å². The number of allylic oxidation sites excluding steroid dienone is 1. The summed E-state index contributed by atoms with van der Waals surface area (Å²) in [4.78, 5) is 0.248. The molecule has 2 rings (SSSR count). The fraction of sp³-hybridized carbons (Fsp3) is 0.158. The maximum Gasteiger partial charge on any atom is 0.264 e. The molecule has 0 aliphatic rings. The van der Waals surface area contributed by atoms with Gasteiger partial charge in [-0.2, -0.15) is 0 Å². The third-order valence-electron chi connectivity index (χ3n) is 3.68. The van der Waals surface area contributed by atoms with Crippen LogP contribution in [0.15, 0.2) is 71.8 Å². The Hall–Kier alpha value is -2.53. The second-order valence-electron chi connectivity index (χ2n) is 5.33. The number of ether oxygens (including phenoxy) is 1. The third-order valence-corrected chi connectivity index (χ3v) is 5.48. The molecule has 0 bridgehead atoms. The number of likely N-dealkylation sites (N-methyl/N-ethyl adjacent to an activating group) is 1. The lowest BCUT2D eigenvalue weighted by Crippen LogP contribution is -2.25. The topological polar surface area (TPSA) is 46.6 Å². The Kier molecular flexibility index (Phi) is 5.46. The zero-order chi connectivity index (χ0) is 17.7. The first-order valence-corrected chi connectivity index (χ1v) is 8.86. The van der Waals surface area contributed by atoms with Crippen LogP contribution in [0.1, 0.15) is 11.1 Å². The molecule has 0 fully saturated rings. The Bertz CT molecular complexity index is 835. The molecule has 0 unspecified atom stereocenters. The maximum atomic E-state index is 12.8. The SMILES string of the molecule is C=C/C(=C\c1ccc(OC)cc1)N(C)S(=O)(=O)c1ccc(C)cc1. The molecule has 5 heteroatoms. The highest BCUT2D eigenvalue weighted by Gasteiger charge is 2.21. The van der Waals surface area contributed by atoms with Crippen LogP contribution in [0.5, 0.6) is 5.75 Å². The molecule has 0 aliphatic heterocycles. The minimum absolute atomic E-state index is 0.248. The van der Waals surface area contributed by atoms with Gasteiger partial charge in [0.2, 0.25) is 0 Å². The molecule has 24 heavy (non-hydrogen) atoms. The molecule has 4 nitrogen and oxygen atoms in total. The number of hydrogen-bond donors (Lipinski definition) is 0. The summed E-state index contributed by atoms with van der Waals surface area (Å²) in [5.41, 5.74) is 2.35. The molecule has 0 aromatic heterocycles. The molecule has 0 radical (unpaired) electrons. The molecule has 126 valence electrons. The summed E-state index contributed by atoms with van der Waals surface area (Å²) in [7, 11) is -0.512. The van der Waals surface area contributed by atoms with Crippen molar-refractivity contribution in [2.45, 2.75) is 11.8 Å². The zero-order valence-corrected chi connectivity index (χ0v) is 14.9. The molecule has 0 amide bonds. The number of nitrogens with zero attached hydrogens (tertiary/aromatic N) is 1. The van der Waals surface area contributed by atoms with Crippen LogP contribution in [-0.4, -0.2) is 26.9 Å². The zero-order valence-electron chi connectivity index (χ0n) is 14.1. The highest BCUT2D eigenvalue weighted by atomic mass is 32.2. The minimum Gasteiger partial charge on any atom is -0.497 e. The molecule has 0 spiro atoms. The number of methoxy groups -OCH3 is 1. The molecule has 0 N–H and O–H groups in total. The predicted molar refractivity (Wildman–Crippen MR) is 97.3 cm³/mol. The molecule has 2 aromatic carbocycles. The van der Waals surface area contributed by atoms with Crippen molar-refractivity contribution in [1.29, 1.82) is 0 Å². The van der Waals surface area contributed by atoms with Crippen LogP contribution in [0, 0.1) is 6.92 Å². The van der Waals surface area contributed by atoms with Gasteiger partial charge in [0, 0.05) is 7.05 Å². The largest absolute Gasteiger partial charge is 0.497 e. The van der Waals surface area contributed by atoms with Gasteiger partial charge in [0.25, 0.3) is 10.0 Å². The Morgan fingerprint density at radius 2 is 1.67 bits per heavy atom. The summed E-state index contributed by atoms with van der Waals surface area (Å²) in [5, 5.41) is 0. The van der Waals surface area contributed by atoms with E-state index in [1.165, 1.54) is 17.4 Å². The van der Waals surface area contributed by atoms with E-state index in [1.807, 2.05) is 31.2 Å². The number of aryl methyl sites for hydroxylation is 1. The normalized spacial score (nSPS) is 11.9. The van der Waals surface area contributed by atoms with E-state index in [4.69, 9.17) is 4.74 Å². The second-order valence-corrected chi connectivity index (χ2v) is 7.30. The summed E-state index contributed by atoms with van der Waals surface area (Å²) in [6.45, 7) is 5.65. The standard InChI is InChI=1S/C19H21NO3S/c1-5-17(14-16-8-10-18(23-4)11-9-16)20(3)24(21,22)19-12-6-15(2)7-13-19/h5-14H,1H2,2-4H3/b17-14+. The molecule has 0 heterocycles. The quantitative estimate of drug-likeness (QED) is 0.749. The van der Waals surface area contributed by atoms with Crippen molar-refractivity contribution in [3.05, 3.63) is 78.0 Å². The van der Waals surface area contributed by atoms with Crippen molar-refractivity contribution >= 4 is 16.1 Å². The van der Waals surface area contributed by atoms with Gasteiger partial charge < -0.3 is 4.74 Å². The highest BCUT2D eigenvalue weighted by molar-refractivity contribution is 7.89. The summed E-state index contributed by atoms with van der Waals surface area (Å²) in [5.74, 6) is 0.743. The molecule has 0 atom stereocenters. The van der Waals surface area contributed by atoms with E-state index in [9.17, 15) is 8.42 Å². The lowest BCUT2D eigenvalue weighted by atomic mass is 10.2. The van der Waals surface area contributed by atoms with Gasteiger partial charge in [0.1, 0.15) is 5.75 Å². The Labute approximate surface area is 143 Å². The van der Waals surface area contributed by atoms with Crippen LogP contribution in [0.2, 0.25) is 0 Å². The van der Waals surface area contributed by atoms with Gasteiger partial charge in [-0.05, 0) is 48.9 Å². The van der Waals surface area contributed by atoms with Crippen LogP contribution in [0.4, 0.5) is 0 Å². The monoisotopic (exact) mass is 343 g/mol. The van der Waals surface area contributed by atoms with Gasteiger partial charge in [-0.25, -0.2) is 8.42 Å². The predicted octanol–water partition coefficient (Wildman–Crippen LogP) is 3.85. The number of benzene rings is 2. The smallest absolute Gasteiger partial charge is 0.264 e. The summed E-state index contributed by atoms with van der Waals surface area (Å²) < 4.78 is 31.9. The van der Waals surface area contributed by atoms with Gasteiger partial charge in [-0.3, -0.25) is 4.31 Å². The highest BCUT2D eigenvalue weighted by Crippen LogP contribution is 2.22. The second kappa shape index (κ2) is 7.36. The van der Waals surface area contributed by atoms with Crippen molar-refractivity contribution in [2.24, 2.45) is 0 Å². The van der Waals surface area contributed by atoms with Gasteiger partial charge in [0.05, 0.1) is 17.7 Å². The maximum absolute atomic E-state index is 12.8. The van der Waals surface area contributed by atoms with Crippen molar-refractivity contribution < 1.29 is 13.2 Å². The number of sulfonamides is 1. The van der Waals surface area contributed by atoms with Gasteiger partial charge in [-0.15, -0.1) is 0 Å². The van der Waals surface area contributed by atoms with Crippen LogP contribution in [0.25, 0.3) is 6.08 Å². The van der Waals surface area contributed by atoms with E-state index in [-0.39, 0.29) is 4.90 Å². The first-order chi connectivity index (χ1) is 11.4. The molecule has 0 aliphatic carbocycles. The Balaban J connectivity index is 2.36. The average Bonchev–Trinajstić information content (AvgIpc) is 2.60. The molecule has 0 saturated heterocycles. The first-order valence-electron chi connectivity index (χ1n) is 7.42. The lowest BCUT2D eigenvalue weighted by molar-refractivity contribution is 0.415. The van der Waals surface area contributed by atoms with Crippen molar-refractivity contribution in [3.63, 3.8) is 0 Å². The van der Waals surface area contributed by atoms with E-state index >= 15 is 0 Å². The Morgan fingerprint density at radius 1 is 1.08 bits per heavy atom. The van der Waals surface area contributed by atoms with E-state index in [1.54, 1.807) is 37.5 Å². The van der Waals surface area contributed by atoms with E-state index < -0.39 is 10.0 Å². The van der Waals surface area contributed by atoms with Crippen LogP contribution in [0.3, 0.4) is 0 Å². The number of hydrogen-bond acceptors (Lipinski definition) is 3. The Morgan fingerprint density at radius 3 is 2.17 bits per heavy atom. The lowest BCUT2D eigenvalue weighted by Gasteiger charge is -2.20. The summed E-state index contributed by atoms with van der Waals surface area (Å²) >= 11 is 0. The first kappa shape index (κ1) is 17.8. The fourth-order valence-corrected chi connectivity index (χ4v) is 3.36. The van der Waals surface area contributed by atoms with Crippen molar-refractivity contribution in [1.82, 2.24) is 4.31 Å². The van der Waals surface area contributed by atoms with Crippen molar-refractivity contribution in [3.8, 4) is 5.75 Å². The number of rotatable bonds is 6.